The summed E-state index contributed by atoms with van der Waals surface area (Å²) in [7, 11) is 4.01. The van der Waals surface area contributed by atoms with Crippen molar-refractivity contribution in [3.63, 3.8) is 0 Å². The van der Waals surface area contributed by atoms with Gasteiger partial charge in [-0.05, 0) is 34.4 Å². The fourth-order valence-corrected chi connectivity index (χ4v) is 0.922. The second-order valence-corrected chi connectivity index (χ2v) is 4.65. The number of rotatable bonds is 6. The van der Waals surface area contributed by atoms with E-state index in [0.29, 0.717) is 18.8 Å². The Kier molecular flexibility index (Phi) is 6.12. The van der Waals surface area contributed by atoms with E-state index >= 15 is 0 Å². The number of carbonyl (C=O) groups excluding carboxylic acids is 1. The number of halogens is 1. The average Bonchev–Trinajstić information content (AvgIpc) is 2.11. The molecule has 0 spiro atoms. The normalized spacial score (nSPS) is 11.9. The molecule has 4 heteroatoms. The summed E-state index contributed by atoms with van der Waals surface area (Å²) in [5.41, 5.74) is -0.00335. The average molecular weight is 221 g/mol. The lowest BCUT2D eigenvalue weighted by Gasteiger charge is -2.32. The summed E-state index contributed by atoms with van der Waals surface area (Å²) in [4.78, 5) is 13.4. The van der Waals surface area contributed by atoms with Crippen LogP contribution in [0.3, 0.4) is 0 Å². The molecule has 1 N–H and O–H groups in total. The highest BCUT2D eigenvalue weighted by molar-refractivity contribution is 6.17. The minimum Gasteiger partial charge on any atom is -0.354 e. The number of carbonyl (C=O) groups is 1. The summed E-state index contributed by atoms with van der Waals surface area (Å²) in [5.74, 6) is 0.630. The Hall–Kier alpha value is -0.280. The Balaban J connectivity index is 3.76. The molecule has 0 heterocycles. The number of amides is 1. The van der Waals surface area contributed by atoms with Crippen LogP contribution in [-0.4, -0.2) is 42.9 Å². The molecule has 0 aromatic carbocycles. The van der Waals surface area contributed by atoms with Crippen molar-refractivity contribution >= 4 is 17.5 Å². The summed E-state index contributed by atoms with van der Waals surface area (Å²) in [6, 6.07) is 0. The van der Waals surface area contributed by atoms with Crippen LogP contribution in [0.15, 0.2) is 0 Å². The van der Waals surface area contributed by atoms with Crippen molar-refractivity contribution in [2.24, 2.45) is 0 Å². The van der Waals surface area contributed by atoms with Crippen molar-refractivity contribution in [2.45, 2.75) is 32.2 Å². The summed E-state index contributed by atoms with van der Waals surface area (Å²) >= 11 is 5.50. The van der Waals surface area contributed by atoms with Crippen molar-refractivity contribution in [2.75, 3.05) is 26.5 Å². The molecule has 0 saturated carbocycles. The quantitative estimate of drug-likeness (QED) is 0.688. The standard InChI is InChI=1S/C10H21ClN2O/c1-10(2,13(3)4)8-12-9(14)6-5-7-11/h5-8H2,1-4H3,(H,12,14). The first-order valence-electron chi connectivity index (χ1n) is 4.90. The zero-order valence-corrected chi connectivity index (χ0v) is 10.3. The molecule has 0 rings (SSSR count). The highest BCUT2D eigenvalue weighted by Crippen LogP contribution is 2.07. The Bertz CT molecular complexity index is 181. The Labute approximate surface area is 91.8 Å². The number of nitrogens with one attached hydrogen (secondary N) is 1. The van der Waals surface area contributed by atoms with Gasteiger partial charge in [-0.2, -0.15) is 0 Å². The van der Waals surface area contributed by atoms with Crippen LogP contribution in [0.5, 0.6) is 0 Å². The second-order valence-electron chi connectivity index (χ2n) is 4.28. The molecule has 0 bridgehead atoms. The maximum absolute atomic E-state index is 11.3. The van der Waals surface area contributed by atoms with Gasteiger partial charge < -0.3 is 10.2 Å². The van der Waals surface area contributed by atoms with Crippen molar-refractivity contribution in [3.8, 4) is 0 Å². The molecule has 0 saturated heterocycles. The Morgan fingerprint density at radius 1 is 1.43 bits per heavy atom. The zero-order chi connectivity index (χ0) is 11.2. The van der Waals surface area contributed by atoms with E-state index < -0.39 is 0 Å². The van der Waals surface area contributed by atoms with Gasteiger partial charge in [-0.25, -0.2) is 0 Å². The van der Waals surface area contributed by atoms with Gasteiger partial charge in [0, 0.05) is 24.4 Å². The van der Waals surface area contributed by atoms with Crippen LogP contribution in [0.25, 0.3) is 0 Å². The van der Waals surface area contributed by atoms with Gasteiger partial charge in [0.1, 0.15) is 0 Å². The smallest absolute Gasteiger partial charge is 0.220 e. The van der Waals surface area contributed by atoms with Crippen LogP contribution < -0.4 is 5.32 Å². The van der Waals surface area contributed by atoms with Gasteiger partial charge in [-0.1, -0.05) is 0 Å². The maximum Gasteiger partial charge on any atom is 0.220 e. The van der Waals surface area contributed by atoms with Crippen LogP contribution in [0, 0.1) is 0 Å². The van der Waals surface area contributed by atoms with E-state index in [2.05, 4.69) is 24.1 Å². The van der Waals surface area contributed by atoms with Gasteiger partial charge in [0.2, 0.25) is 5.91 Å². The summed E-state index contributed by atoms with van der Waals surface area (Å²) in [6.45, 7) is 4.85. The monoisotopic (exact) mass is 220 g/mol. The van der Waals surface area contributed by atoms with E-state index in [0.717, 1.165) is 6.42 Å². The van der Waals surface area contributed by atoms with Crippen LogP contribution >= 0.6 is 11.6 Å². The molecule has 14 heavy (non-hydrogen) atoms. The lowest BCUT2D eigenvalue weighted by molar-refractivity contribution is -0.121. The number of likely N-dealkylation sites (N-methyl/N-ethyl adjacent to an activating group) is 1. The first kappa shape index (κ1) is 13.7. The maximum atomic E-state index is 11.3. The zero-order valence-electron chi connectivity index (χ0n) is 9.56. The molecule has 84 valence electrons. The van der Waals surface area contributed by atoms with Crippen LogP contribution in [0.2, 0.25) is 0 Å². The van der Waals surface area contributed by atoms with E-state index in [-0.39, 0.29) is 11.4 Å². The minimum atomic E-state index is -0.00335. The third kappa shape index (κ3) is 5.45. The Morgan fingerprint density at radius 2 is 2.00 bits per heavy atom. The van der Waals surface area contributed by atoms with Crippen LogP contribution in [-0.2, 0) is 4.79 Å². The van der Waals surface area contributed by atoms with E-state index in [1.165, 1.54) is 0 Å². The van der Waals surface area contributed by atoms with E-state index in [4.69, 9.17) is 11.6 Å². The topological polar surface area (TPSA) is 32.3 Å². The molecular formula is C10H21ClN2O. The largest absolute Gasteiger partial charge is 0.354 e. The van der Waals surface area contributed by atoms with Crippen molar-refractivity contribution < 1.29 is 4.79 Å². The van der Waals surface area contributed by atoms with Gasteiger partial charge in [0.05, 0.1) is 0 Å². The molecule has 0 atom stereocenters. The molecule has 0 fully saturated rings. The lowest BCUT2D eigenvalue weighted by atomic mass is 10.0. The van der Waals surface area contributed by atoms with Gasteiger partial charge in [-0.15, -0.1) is 11.6 Å². The van der Waals surface area contributed by atoms with Gasteiger partial charge in [0.25, 0.3) is 0 Å². The molecule has 0 radical (unpaired) electrons. The van der Waals surface area contributed by atoms with Crippen LogP contribution in [0.4, 0.5) is 0 Å². The lowest BCUT2D eigenvalue weighted by Crippen LogP contribution is -2.48. The third-order valence-electron chi connectivity index (χ3n) is 2.47. The molecule has 0 aromatic rings. The molecular weight excluding hydrogens is 200 g/mol. The minimum absolute atomic E-state index is 0.00335. The molecule has 3 nitrogen and oxygen atoms in total. The molecule has 1 amide bonds. The van der Waals surface area contributed by atoms with Crippen molar-refractivity contribution in [3.05, 3.63) is 0 Å². The Morgan fingerprint density at radius 3 is 2.43 bits per heavy atom. The predicted molar refractivity (Wildman–Crippen MR) is 60.7 cm³/mol. The SMILES string of the molecule is CN(C)C(C)(C)CNC(=O)CCCCl. The number of alkyl halides is 1. The molecule has 0 aliphatic rings. The highest BCUT2D eigenvalue weighted by Gasteiger charge is 2.20. The summed E-state index contributed by atoms with van der Waals surface area (Å²) < 4.78 is 0. The number of hydrogen-bond acceptors (Lipinski definition) is 2. The first-order valence-corrected chi connectivity index (χ1v) is 5.43. The molecule has 0 aromatic heterocycles. The van der Waals surface area contributed by atoms with Crippen molar-refractivity contribution in [1.29, 1.82) is 0 Å². The second kappa shape index (κ2) is 6.25. The fourth-order valence-electron chi connectivity index (χ4n) is 0.789. The fraction of sp³-hybridized carbons (Fsp3) is 0.900. The number of nitrogens with zero attached hydrogens (tertiary/aromatic N) is 1. The third-order valence-corrected chi connectivity index (χ3v) is 2.73. The molecule has 0 aliphatic carbocycles. The predicted octanol–water partition coefficient (Wildman–Crippen LogP) is 1.46. The number of hydrogen-bond donors (Lipinski definition) is 1. The molecule has 0 aliphatic heterocycles. The van der Waals surface area contributed by atoms with E-state index in [1.807, 2.05) is 14.1 Å². The van der Waals surface area contributed by atoms with E-state index in [1.54, 1.807) is 0 Å². The van der Waals surface area contributed by atoms with E-state index in [9.17, 15) is 4.79 Å². The van der Waals surface area contributed by atoms with Gasteiger partial charge in [-0.3, -0.25) is 4.79 Å². The summed E-state index contributed by atoms with van der Waals surface area (Å²) in [6.07, 6.45) is 1.27. The van der Waals surface area contributed by atoms with Gasteiger partial charge >= 0.3 is 0 Å². The van der Waals surface area contributed by atoms with Gasteiger partial charge in [0.15, 0.2) is 0 Å². The van der Waals surface area contributed by atoms with Crippen LogP contribution in [0.1, 0.15) is 26.7 Å². The molecule has 0 unspecified atom stereocenters. The first-order chi connectivity index (χ1) is 6.40. The summed E-state index contributed by atoms with van der Waals surface area (Å²) in [5, 5.41) is 2.90. The highest BCUT2D eigenvalue weighted by atomic mass is 35.5. The van der Waals surface area contributed by atoms with Crippen molar-refractivity contribution in [1.82, 2.24) is 10.2 Å².